The number of carbonyl (C=O) groups excluding carboxylic acids is 2. The Balaban J connectivity index is 1.48. The van der Waals surface area contributed by atoms with E-state index in [2.05, 4.69) is 5.32 Å². The maximum absolute atomic E-state index is 12.1. The number of carbonyl (C=O) groups is 2. The Hall–Kier alpha value is -3.40. The number of nitrogens with one attached hydrogen (secondary N) is 1. The van der Waals surface area contributed by atoms with Crippen LogP contribution in [0, 0.1) is 0 Å². The van der Waals surface area contributed by atoms with E-state index in [9.17, 15) is 9.59 Å². The highest BCUT2D eigenvalue weighted by molar-refractivity contribution is 5.92. The molecule has 0 saturated heterocycles. The SMILES string of the molecule is CC(=O)CCc1ccc(OCC(=O)Nc2ccc(-c3ccccc3)cc2)cc1. The van der Waals surface area contributed by atoms with Gasteiger partial charge in [0.15, 0.2) is 6.61 Å². The molecule has 0 aliphatic rings. The number of rotatable bonds is 8. The zero-order valence-electron chi connectivity index (χ0n) is 15.9. The smallest absolute Gasteiger partial charge is 0.262 e. The van der Waals surface area contributed by atoms with Gasteiger partial charge < -0.3 is 14.8 Å². The van der Waals surface area contributed by atoms with Crippen molar-refractivity contribution in [3.63, 3.8) is 0 Å². The van der Waals surface area contributed by atoms with E-state index in [0.29, 0.717) is 12.2 Å². The molecule has 0 radical (unpaired) electrons. The molecule has 4 nitrogen and oxygen atoms in total. The third-order valence-electron chi connectivity index (χ3n) is 4.33. The number of Topliss-reactive ketones (excluding diaryl/α,β-unsaturated/α-hetero) is 1. The summed E-state index contributed by atoms with van der Waals surface area (Å²) in [7, 11) is 0. The maximum atomic E-state index is 12.1. The molecular formula is C24H23NO3. The summed E-state index contributed by atoms with van der Waals surface area (Å²) in [4.78, 5) is 23.1. The van der Waals surface area contributed by atoms with Gasteiger partial charge in [0.2, 0.25) is 0 Å². The molecule has 0 unspecified atom stereocenters. The standard InChI is InChI=1S/C24H23NO3/c1-18(26)7-8-19-9-15-23(16-10-19)28-17-24(27)25-22-13-11-21(12-14-22)20-5-3-2-4-6-20/h2-6,9-16H,7-8,17H2,1H3,(H,25,27). The Morgan fingerprint density at radius 3 is 2.11 bits per heavy atom. The van der Waals surface area contributed by atoms with E-state index >= 15 is 0 Å². The largest absolute Gasteiger partial charge is 0.484 e. The molecule has 3 aromatic rings. The van der Waals surface area contributed by atoms with E-state index in [-0.39, 0.29) is 18.3 Å². The van der Waals surface area contributed by atoms with Crippen LogP contribution >= 0.6 is 0 Å². The summed E-state index contributed by atoms with van der Waals surface area (Å²) in [5.74, 6) is 0.586. The second-order valence-corrected chi connectivity index (χ2v) is 6.63. The van der Waals surface area contributed by atoms with E-state index in [1.54, 1.807) is 6.92 Å². The van der Waals surface area contributed by atoms with Crippen LogP contribution in [0.2, 0.25) is 0 Å². The first-order chi connectivity index (χ1) is 13.6. The van der Waals surface area contributed by atoms with E-state index in [1.165, 1.54) is 0 Å². The van der Waals surface area contributed by atoms with Crippen LogP contribution in [0.15, 0.2) is 78.9 Å². The average molecular weight is 373 g/mol. The minimum Gasteiger partial charge on any atom is -0.484 e. The van der Waals surface area contributed by atoms with Crippen LogP contribution in [0.5, 0.6) is 5.75 Å². The van der Waals surface area contributed by atoms with E-state index in [1.807, 2.05) is 78.9 Å². The molecule has 0 atom stereocenters. The highest BCUT2D eigenvalue weighted by Gasteiger charge is 2.05. The number of benzene rings is 3. The lowest BCUT2D eigenvalue weighted by atomic mass is 10.1. The lowest BCUT2D eigenvalue weighted by Gasteiger charge is -2.09. The van der Waals surface area contributed by atoms with E-state index in [4.69, 9.17) is 4.74 Å². The van der Waals surface area contributed by atoms with Gasteiger partial charge in [-0.25, -0.2) is 0 Å². The third kappa shape index (κ3) is 5.81. The summed E-state index contributed by atoms with van der Waals surface area (Å²) in [5, 5.41) is 2.83. The van der Waals surface area contributed by atoms with E-state index in [0.717, 1.165) is 28.8 Å². The summed E-state index contributed by atoms with van der Waals surface area (Å²) in [5.41, 5.74) is 4.04. The van der Waals surface area contributed by atoms with Crippen LogP contribution in [0.25, 0.3) is 11.1 Å². The molecule has 0 spiro atoms. The van der Waals surface area contributed by atoms with Crippen LogP contribution in [0.4, 0.5) is 5.69 Å². The first kappa shape index (κ1) is 19.4. The quantitative estimate of drug-likeness (QED) is 0.611. The van der Waals surface area contributed by atoms with Gasteiger partial charge in [-0.2, -0.15) is 0 Å². The Morgan fingerprint density at radius 1 is 0.821 bits per heavy atom. The number of hydrogen-bond donors (Lipinski definition) is 1. The normalized spacial score (nSPS) is 10.3. The number of ketones is 1. The number of hydrogen-bond acceptors (Lipinski definition) is 3. The van der Waals surface area contributed by atoms with E-state index < -0.39 is 0 Å². The molecule has 0 heterocycles. The monoisotopic (exact) mass is 373 g/mol. The van der Waals surface area contributed by atoms with Crippen LogP contribution in [-0.2, 0) is 16.0 Å². The minimum atomic E-state index is -0.215. The average Bonchev–Trinajstić information content (AvgIpc) is 2.73. The molecule has 1 amide bonds. The van der Waals surface area contributed by atoms with Crippen molar-refractivity contribution in [2.75, 3.05) is 11.9 Å². The molecule has 0 aromatic heterocycles. The Kier molecular flexibility index (Phi) is 6.58. The molecule has 4 heteroatoms. The van der Waals surface area contributed by atoms with Crippen LogP contribution in [-0.4, -0.2) is 18.3 Å². The molecule has 0 bridgehead atoms. The van der Waals surface area contributed by atoms with Crippen LogP contribution < -0.4 is 10.1 Å². The molecule has 28 heavy (non-hydrogen) atoms. The summed E-state index contributed by atoms with van der Waals surface area (Å²) >= 11 is 0. The maximum Gasteiger partial charge on any atom is 0.262 e. The van der Waals surface area contributed by atoms with Gasteiger partial charge >= 0.3 is 0 Å². The summed E-state index contributed by atoms with van der Waals surface area (Å²) < 4.78 is 5.53. The zero-order chi connectivity index (χ0) is 19.8. The molecule has 3 aromatic carbocycles. The molecular weight excluding hydrogens is 350 g/mol. The Morgan fingerprint density at radius 2 is 1.46 bits per heavy atom. The molecule has 0 aliphatic carbocycles. The molecule has 0 saturated carbocycles. The van der Waals surface area contributed by atoms with Crippen molar-refractivity contribution in [1.29, 1.82) is 0 Å². The second kappa shape index (κ2) is 9.51. The van der Waals surface area contributed by atoms with Crippen molar-refractivity contribution in [1.82, 2.24) is 0 Å². The first-order valence-electron chi connectivity index (χ1n) is 9.27. The lowest BCUT2D eigenvalue weighted by molar-refractivity contribution is -0.118. The predicted molar refractivity (Wildman–Crippen MR) is 111 cm³/mol. The van der Waals surface area contributed by atoms with Gasteiger partial charge in [-0.3, -0.25) is 4.79 Å². The van der Waals surface area contributed by atoms with Gasteiger partial charge in [0, 0.05) is 12.1 Å². The van der Waals surface area contributed by atoms with Crippen LogP contribution in [0.3, 0.4) is 0 Å². The van der Waals surface area contributed by atoms with Crippen molar-refractivity contribution in [2.45, 2.75) is 19.8 Å². The van der Waals surface area contributed by atoms with Crippen LogP contribution in [0.1, 0.15) is 18.9 Å². The van der Waals surface area contributed by atoms with Gasteiger partial charge in [-0.15, -0.1) is 0 Å². The molecule has 1 N–H and O–H groups in total. The fourth-order valence-corrected chi connectivity index (χ4v) is 2.80. The summed E-state index contributed by atoms with van der Waals surface area (Å²) in [6, 6.07) is 25.3. The number of ether oxygens (including phenoxy) is 1. The van der Waals surface area contributed by atoms with Gasteiger partial charge in [0.1, 0.15) is 11.5 Å². The number of amides is 1. The fourth-order valence-electron chi connectivity index (χ4n) is 2.80. The zero-order valence-corrected chi connectivity index (χ0v) is 15.9. The second-order valence-electron chi connectivity index (χ2n) is 6.63. The molecule has 0 fully saturated rings. The topological polar surface area (TPSA) is 55.4 Å². The number of aryl methyl sites for hydroxylation is 1. The lowest BCUT2D eigenvalue weighted by Crippen LogP contribution is -2.20. The van der Waals surface area contributed by atoms with Crippen molar-refractivity contribution in [2.24, 2.45) is 0 Å². The van der Waals surface area contributed by atoms with Crippen molar-refractivity contribution < 1.29 is 14.3 Å². The molecule has 142 valence electrons. The Bertz CT molecular complexity index is 916. The predicted octanol–water partition coefficient (Wildman–Crippen LogP) is 4.89. The third-order valence-corrected chi connectivity index (χ3v) is 4.33. The highest BCUT2D eigenvalue weighted by Crippen LogP contribution is 2.21. The molecule has 0 aliphatic heterocycles. The Labute approximate surface area is 165 Å². The van der Waals surface area contributed by atoms with Crippen molar-refractivity contribution in [3.05, 3.63) is 84.4 Å². The van der Waals surface area contributed by atoms with Gasteiger partial charge in [0.25, 0.3) is 5.91 Å². The van der Waals surface area contributed by atoms with Crippen molar-refractivity contribution in [3.8, 4) is 16.9 Å². The van der Waals surface area contributed by atoms with Gasteiger partial charge in [-0.1, -0.05) is 54.6 Å². The highest BCUT2D eigenvalue weighted by atomic mass is 16.5. The van der Waals surface area contributed by atoms with Gasteiger partial charge in [-0.05, 0) is 54.3 Å². The number of anilines is 1. The summed E-state index contributed by atoms with van der Waals surface area (Å²) in [6.07, 6.45) is 1.25. The summed E-state index contributed by atoms with van der Waals surface area (Å²) in [6.45, 7) is 1.53. The van der Waals surface area contributed by atoms with Crippen molar-refractivity contribution >= 4 is 17.4 Å². The first-order valence-corrected chi connectivity index (χ1v) is 9.27. The fraction of sp³-hybridized carbons (Fsp3) is 0.167. The van der Waals surface area contributed by atoms with Gasteiger partial charge in [0.05, 0.1) is 0 Å². The minimum absolute atomic E-state index is 0.0623. The molecule has 3 rings (SSSR count).